The first-order valence-electron chi connectivity index (χ1n) is 5.69. The summed E-state index contributed by atoms with van der Waals surface area (Å²) >= 11 is 2.09. The SMILES string of the molecule is OCc1ccc(CSC2CCCC2)cc1. The van der Waals surface area contributed by atoms with E-state index in [4.69, 9.17) is 5.11 Å². The topological polar surface area (TPSA) is 20.2 Å². The first-order valence-corrected chi connectivity index (χ1v) is 6.73. The first-order chi connectivity index (χ1) is 7.38. The number of benzene rings is 1. The Morgan fingerprint density at radius 2 is 1.67 bits per heavy atom. The van der Waals surface area contributed by atoms with Gasteiger partial charge in [-0.1, -0.05) is 37.1 Å². The van der Waals surface area contributed by atoms with Crippen LogP contribution in [-0.4, -0.2) is 10.4 Å². The molecule has 82 valence electrons. The van der Waals surface area contributed by atoms with E-state index in [-0.39, 0.29) is 6.61 Å². The molecule has 0 aromatic heterocycles. The molecular weight excluding hydrogens is 204 g/mol. The fourth-order valence-electron chi connectivity index (χ4n) is 2.01. The maximum absolute atomic E-state index is 8.93. The fraction of sp³-hybridized carbons (Fsp3) is 0.538. The van der Waals surface area contributed by atoms with Gasteiger partial charge in [0.25, 0.3) is 0 Å². The van der Waals surface area contributed by atoms with Gasteiger partial charge in [0.15, 0.2) is 0 Å². The van der Waals surface area contributed by atoms with Crippen molar-refractivity contribution in [2.45, 2.75) is 43.3 Å². The number of thioether (sulfide) groups is 1. The normalized spacial score (nSPS) is 17.1. The zero-order valence-electron chi connectivity index (χ0n) is 8.98. The lowest BCUT2D eigenvalue weighted by Crippen LogP contribution is -1.94. The molecule has 0 amide bonds. The molecule has 1 fully saturated rings. The molecule has 0 aliphatic heterocycles. The summed E-state index contributed by atoms with van der Waals surface area (Å²) in [4.78, 5) is 0. The molecule has 1 nitrogen and oxygen atoms in total. The van der Waals surface area contributed by atoms with Crippen molar-refractivity contribution in [3.8, 4) is 0 Å². The average Bonchev–Trinajstić information content (AvgIpc) is 2.80. The summed E-state index contributed by atoms with van der Waals surface area (Å²) in [6.45, 7) is 0.149. The van der Waals surface area contributed by atoms with Crippen LogP contribution in [0.2, 0.25) is 0 Å². The van der Waals surface area contributed by atoms with Crippen molar-refractivity contribution in [2.75, 3.05) is 0 Å². The quantitative estimate of drug-likeness (QED) is 0.843. The summed E-state index contributed by atoms with van der Waals surface area (Å²) < 4.78 is 0. The maximum Gasteiger partial charge on any atom is 0.0681 e. The molecule has 0 radical (unpaired) electrons. The lowest BCUT2D eigenvalue weighted by molar-refractivity contribution is 0.282. The summed E-state index contributed by atoms with van der Waals surface area (Å²) in [7, 11) is 0. The van der Waals surface area contributed by atoms with E-state index in [1.807, 2.05) is 12.1 Å². The molecule has 0 unspecified atom stereocenters. The highest BCUT2D eigenvalue weighted by Gasteiger charge is 2.14. The Kier molecular flexibility index (Phi) is 4.09. The van der Waals surface area contributed by atoms with Crippen molar-refractivity contribution < 1.29 is 5.11 Å². The second-order valence-corrected chi connectivity index (χ2v) is 5.48. The summed E-state index contributed by atoms with van der Waals surface area (Å²) in [6, 6.07) is 8.30. The highest BCUT2D eigenvalue weighted by atomic mass is 32.2. The predicted molar refractivity (Wildman–Crippen MR) is 65.9 cm³/mol. The standard InChI is InChI=1S/C13H18OS/c14-9-11-5-7-12(8-6-11)10-15-13-3-1-2-4-13/h5-8,13-14H,1-4,9-10H2. The van der Waals surface area contributed by atoms with Crippen LogP contribution in [0.5, 0.6) is 0 Å². The van der Waals surface area contributed by atoms with Gasteiger partial charge >= 0.3 is 0 Å². The third-order valence-electron chi connectivity index (χ3n) is 2.99. The molecule has 1 aromatic rings. The number of hydrogen-bond donors (Lipinski definition) is 1. The van der Waals surface area contributed by atoms with Gasteiger partial charge in [0.2, 0.25) is 0 Å². The van der Waals surface area contributed by atoms with Crippen molar-refractivity contribution in [1.82, 2.24) is 0 Å². The minimum atomic E-state index is 0.149. The van der Waals surface area contributed by atoms with Crippen LogP contribution >= 0.6 is 11.8 Å². The summed E-state index contributed by atoms with van der Waals surface area (Å²) in [5.74, 6) is 1.12. The van der Waals surface area contributed by atoms with Crippen LogP contribution in [0.4, 0.5) is 0 Å². The fourth-order valence-corrected chi connectivity index (χ4v) is 3.30. The molecule has 1 aliphatic rings. The van der Waals surface area contributed by atoms with Crippen molar-refractivity contribution in [3.63, 3.8) is 0 Å². The van der Waals surface area contributed by atoms with Crippen LogP contribution in [0, 0.1) is 0 Å². The molecule has 1 aromatic carbocycles. The summed E-state index contributed by atoms with van der Waals surface area (Å²) in [5.41, 5.74) is 2.38. The van der Waals surface area contributed by atoms with Gasteiger partial charge in [-0.2, -0.15) is 11.8 Å². The minimum Gasteiger partial charge on any atom is -0.392 e. The molecular formula is C13H18OS. The Bertz CT molecular complexity index is 288. The minimum absolute atomic E-state index is 0.149. The van der Waals surface area contributed by atoms with E-state index >= 15 is 0 Å². The lowest BCUT2D eigenvalue weighted by Gasteiger charge is -2.08. The highest BCUT2D eigenvalue weighted by Crippen LogP contribution is 2.31. The Morgan fingerprint density at radius 1 is 1.07 bits per heavy atom. The molecule has 1 aliphatic carbocycles. The molecule has 0 bridgehead atoms. The van der Waals surface area contributed by atoms with E-state index in [0.717, 1.165) is 16.6 Å². The van der Waals surface area contributed by atoms with Crippen molar-refractivity contribution >= 4 is 11.8 Å². The van der Waals surface area contributed by atoms with Gasteiger partial charge in [-0.15, -0.1) is 0 Å². The van der Waals surface area contributed by atoms with Crippen molar-refractivity contribution in [2.24, 2.45) is 0 Å². The molecule has 1 N–H and O–H groups in total. The van der Waals surface area contributed by atoms with Crippen LogP contribution in [0.15, 0.2) is 24.3 Å². The Labute approximate surface area is 95.9 Å². The molecule has 15 heavy (non-hydrogen) atoms. The predicted octanol–water partition coefficient (Wildman–Crippen LogP) is 3.35. The third kappa shape index (κ3) is 3.25. The van der Waals surface area contributed by atoms with Gasteiger partial charge in [0.05, 0.1) is 6.61 Å². The molecule has 2 rings (SSSR count). The number of aliphatic hydroxyl groups is 1. The van der Waals surface area contributed by atoms with Gasteiger partial charge in [-0.25, -0.2) is 0 Å². The largest absolute Gasteiger partial charge is 0.392 e. The number of hydrogen-bond acceptors (Lipinski definition) is 2. The van der Waals surface area contributed by atoms with Crippen molar-refractivity contribution in [3.05, 3.63) is 35.4 Å². The van der Waals surface area contributed by atoms with Crippen LogP contribution in [-0.2, 0) is 12.4 Å². The van der Waals surface area contributed by atoms with E-state index < -0.39 is 0 Å². The molecule has 0 atom stereocenters. The second-order valence-electron chi connectivity index (χ2n) is 4.19. The van der Waals surface area contributed by atoms with E-state index in [9.17, 15) is 0 Å². The van der Waals surface area contributed by atoms with Crippen LogP contribution in [0.25, 0.3) is 0 Å². The van der Waals surface area contributed by atoms with Gasteiger partial charge in [0, 0.05) is 11.0 Å². The lowest BCUT2D eigenvalue weighted by atomic mass is 10.2. The van der Waals surface area contributed by atoms with Gasteiger partial charge in [0.1, 0.15) is 0 Å². The zero-order valence-corrected chi connectivity index (χ0v) is 9.80. The van der Waals surface area contributed by atoms with E-state index in [0.29, 0.717) is 0 Å². The zero-order chi connectivity index (χ0) is 10.5. The van der Waals surface area contributed by atoms with Gasteiger partial charge in [-0.3, -0.25) is 0 Å². The molecule has 0 saturated heterocycles. The first kappa shape index (κ1) is 11.0. The average molecular weight is 222 g/mol. The van der Waals surface area contributed by atoms with Crippen LogP contribution in [0.3, 0.4) is 0 Å². The van der Waals surface area contributed by atoms with E-state index in [1.165, 1.54) is 31.2 Å². The Morgan fingerprint density at radius 3 is 2.27 bits per heavy atom. The summed E-state index contributed by atoms with van der Waals surface area (Å²) in [5, 5.41) is 9.82. The van der Waals surface area contributed by atoms with Crippen LogP contribution in [0.1, 0.15) is 36.8 Å². The van der Waals surface area contributed by atoms with E-state index in [1.54, 1.807) is 0 Å². The monoisotopic (exact) mass is 222 g/mol. The smallest absolute Gasteiger partial charge is 0.0681 e. The molecule has 2 heteroatoms. The van der Waals surface area contributed by atoms with Gasteiger partial charge in [-0.05, 0) is 24.0 Å². The Hall–Kier alpha value is -0.470. The van der Waals surface area contributed by atoms with Crippen LogP contribution < -0.4 is 0 Å². The maximum atomic E-state index is 8.93. The van der Waals surface area contributed by atoms with Crippen molar-refractivity contribution in [1.29, 1.82) is 0 Å². The number of aliphatic hydroxyl groups excluding tert-OH is 1. The molecule has 0 spiro atoms. The number of rotatable bonds is 4. The van der Waals surface area contributed by atoms with E-state index in [2.05, 4.69) is 23.9 Å². The third-order valence-corrected chi connectivity index (χ3v) is 4.44. The molecule has 0 heterocycles. The summed E-state index contributed by atoms with van der Waals surface area (Å²) in [6.07, 6.45) is 5.64. The Balaban J connectivity index is 1.82. The van der Waals surface area contributed by atoms with Gasteiger partial charge < -0.3 is 5.11 Å². The second kappa shape index (κ2) is 5.57. The highest BCUT2D eigenvalue weighted by molar-refractivity contribution is 7.99. The molecule has 1 saturated carbocycles.